The Morgan fingerprint density at radius 2 is 1.70 bits per heavy atom. The molecule has 0 aliphatic carbocycles. The van der Waals surface area contributed by atoms with E-state index >= 15 is 0 Å². The number of benzene rings is 1. The molecule has 2 aliphatic heterocycles. The van der Waals surface area contributed by atoms with Crippen molar-refractivity contribution in [2.75, 3.05) is 45.5 Å². The van der Waals surface area contributed by atoms with Gasteiger partial charge in [-0.3, -0.25) is 9.69 Å². The fourth-order valence-electron chi connectivity index (χ4n) is 3.25. The van der Waals surface area contributed by atoms with Crippen LogP contribution in [0.2, 0.25) is 0 Å². The lowest BCUT2D eigenvalue weighted by atomic mass is 10.00. The van der Waals surface area contributed by atoms with Gasteiger partial charge in [-0.25, -0.2) is 8.42 Å². The van der Waals surface area contributed by atoms with E-state index in [9.17, 15) is 13.2 Å². The molecule has 0 saturated carbocycles. The number of fused-ring (bicyclic) bond motifs is 1. The molecule has 0 aromatic heterocycles. The van der Waals surface area contributed by atoms with E-state index in [0.29, 0.717) is 32.7 Å². The van der Waals surface area contributed by atoms with E-state index in [1.165, 1.54) is 21.7 Å². The topological polar surface area (TPSA) is 60.9 Å². The van der Waals surface area contributed by atoms with E-state index in [1.807, 2.05) is 6.07 Å². The summed E-state index contributed by atoms with van der Waals surface area (Å²) in [6, 6.07) is 8.37. The highest BCUT2D eigenvalue weighted by Gasteiger charge is 2.27. The van der Waals surface area contributed by atoms with Crippen molar-refractivity contribution in [3.8, 4) is 0 Å². The van der Waals surface area contributed by atoms with Crippen LogP contribution in [0, 0.1) is 0 Å². The van der Waals surface area contributed by atoms with E-state index in [-0.39, 0.29) is 5.91 Å². The average molecular weight is 337 g/mol. The summed E-state index contributed by atoms with van der Waals surface area (Å²) in [7, 11) is -3.15. The molecule has 0 bridgehead atoms. The molecule has 0 atom stereocenters. The summed E-state index contributed by atoms with van der Waals surface area (Å²) in [4.78, 5) is 16.4. The number of piperazine rings is 1. The molecule has 0 unspecified atom stereocenters. The van der Waals surface area contributed by atoms with Gasteiger partial charge in [0.15, 0.2) is 0 Å². The van der Waals surface area contributed by atoms with Gasteiger partial charge in [-0.05, 0) is 17.5 Å². The van der Waals surface area contributed by atoms with Gasteiger partial charge in [0.2, 0.25) is 15.9 Å². The normalized spacial score (nSPS) is 20.3. The zero-order chi connectivity index (χ0) is 16.4. The van der Waals surface area contributed by atoms with Crippen LogP contribution in [0.1, 0.15) is 11.1 Å². The van der Waals surface area contributed by atoms with Crippen LogP contribution in [-0.2, 0) is 27.8 Å². The van der Waals surface area contributed by atoms with Gasteiger partial charge in [-0.15, -0.1) is 0 Å². The van der Waals surface area contributed by atoms with Crippen LogP contribution in [0.4, 0.5) is 0 Å². The first-order valence-corrected chi connectivity index (χ1v) is 9.80. The summed E-state index contributed by atoms with van der Waals surface area (Å²) in [5, 5.41) is 0. The number of nitrogens with zero attached hydrogens (tertiary/aromatic N) is 3. The van der Waals surface area contributed by atoms with Crippen molar-refractivity contribution < 1.29 is 13.2 Å². The molecule has 126 valence electrons. The number of sulfonamides is 1. The Morgan fingerprint density at radius 1 is 1.04 bits per heavy atom. The van der Waals surface area contributed by atoms with Gasteiger partial charge < -0.3 is 4.90 Å². The lowest BCUT2D eigenvalue weighted by molar-refractivity contribution is -0.133. The largest absolute Gasteiger partial charge is 0.339 e. The zero-order valence-corrected chi connectivity index (χ0v) is 14.3. The molecule has 23 heavy (non-hydrogen) atoms. The van der Waals surface area contributed by atoms with Gasteiger partial charge in [0.1, 0.15) is 0 Å². The van der Waals surface area contributed by atoms with Crippen molar-refractivity contribution in [1.29, 1.82) is 0 Å². The summed E-state index contributed by atoms with van der Waals surface area (Å²) in [6.45, 7) is 3.87. The predicted molar refractivity (Wildman–Crippen MR) is 88.4 cm³/mol. The van der Waals surface area contributed by atoms with Gasteiger partial charge in [0.05, 0.1) is 12.8 Å². The Bertz CT molecular complexity index is 682. The third kappa shape index (κ3) is 3.91. The summed E-state index contributed by atoms with van der Waals surface area (Å²) in [5.74, 6) is 0.0949. The number of hydrogen-bond donors (Lipinski definition) is 0. The summed E-state index contributed by atoms with van der Waals surface area (Å²) in [6.07, 6.45) is 2.20. The van der Waals surface area contributed by atoms with Gasteiger partial charge in [0.25, 0.3) is 0 Å². The number of carbonyl (C=O) groups excluding carboxylic acids is 1. The number of hydrogen-bond acceptors (Lipinski definition) is 4. The Morgan fingerprint density at radius 3 is 2.35 bits per heavy atom. The van der Waals surface area contributed by atoms with Crippen LogP contribution < -0.4 is 0 Å². The molecule has 0 radical (unpaired) electrons. The van der Waals surface area contributed by atoms with Crippen LogP contribution >= 0.6 is 0 Å². The number of rotatable bonds is 3. The second-order valence-electron chi connectivity index (χ2n) is 6.27. The van der Waals surface area contributed by atoms with E-state index in [0.717, 1.165) is 19.5 Å². The van der Waals surface area contributed by atoms with Gasteiger partial charge in [-0.1, -0.05) is 24.3 Å². The third-order valence-corrected chi connectivity index (χ3v) is 5.93. The van der Waals surface area contributed by atoms with Crippen molar-refractivity contribution in [2.24, 2.45) is 0 Å². The maximum atomic E-state index is 12.5. The minimum atomic E-state index is -3.15. The molecule has 1 fully saturated rings. The van der Waals surface area contributed by atoms with Crippen LogP contribution in [0.3, 0.4) is 0 Å². The first-order chi connectivity index (χ1) is 10.9. The van der Waals surface area contributed by atoms with Crippen LogP contribution in [0.5, 0.6) is 0 Å². The van der Waals surface area contributed by atoms with Crippen molar-refractivity contribution in [2.45, 2.75) is 13.0 Å². The molecule has 1 aromatic carbocycles. The molecule has 7 heteroatoms. The van der Waals surface area contributed by atoms with Crippen LogP contribution in [0.15, 0.2) is 24.3 Å². The average Bonchev–Trinajstić information content (AvgIpc) is 2.54. The summed E-state index contributed by atoms with van der Waals surface area (Å²) < 4.78 is 24.5. The first kappa shape index (κ1) is 16.4. The van der Waals surface area contributed by atoms with Crippen molar-refractivity contribution in [3.05, 3.63) is 35.4 Å². The fourth-order valence-corrected chi connectivity index (χ4v) is 4.08. The molecule has 1 saturated heterocycles. The molecular formula is C16H23N3O3S. The molecule has 3 rings (SSSR count). The quantitative estimate of drug-likeness (QED) is 0.788. The van der Waals surface area contributed by atoms with Gasteiger partial charge in [-0.2, -0.15) is 4.31 Å². The highest BCUT2D eigenvalue weighted by atomic mass is 32.2. The minimum absolute atomic E-state index is 0.0949. The second kappa shape index (κ2) is 6.59. The monoisotopic (exact) mass is 337 g/mol. The third-order valence-electron chi connectivity index (χ3n) is 4.63. The standard InChI is InChI=1S/C16H23N3O3S/c1-23(21,22)19-10-8-18(9-11-19)16(20)13-17-7-6-14-4-2-3-5-15(14)12-17/h2-5H,6-13H2,1H3. The van der Waals surface area contributed by atoms with Gasteiger partial charge >= 0.3 is 0 Å². The Labute approximate surface area is 137 Å². The van der Waals surface area contributed by atoms with Crippen molar-refractivity contribution in [3.63, 3.8) is 0 Å². The molecule has 2 heterocycles. The van der Waals surface area contributed by atoms with E-state index in [4.69, 9.17) is 0 Å². The molecular weight excluding hydrogens is 314 g/mol. The van der Waals surface area contributed by atoms with Crippen LogP contribution in [0.25, 0.3) is 0 Å². The maximum Gasteiger partial charge on any atom is 0.236 e. The predicted octanol–water partition coefficient (Wildman–Crippen LogP) is 0.149. The SMILES string of the molecule is CS(=O)(=O)N1CCN(C(=O)CN2CCc3ccccc3C2)CC1. The molecule has 1 amide bonds. The van der Waals surface area contributed by atoms with Crippen molar-refractivity contribution >= 4 is 15.9 Å². The summed E-state index contributed by atoms with van der Waals surface area (Å²) in [5.41, 5.74) is 2.67. The maximum absolute atomic E-state index is 12.5. The summed E-state index contributed by atoms with van der Waals surface area (Å²) >= 11 is 0. The van der Waals surface area contributed by atoms with Crippen molar-refractivity contribution in [1.82, 2.24) is 14.1 Å². The number of carbonyl (C=O) groups is 1. The van der Waals surface area contributed by atoms with E-state index in [2.05, 4.69) is 23.1 Å². The Balaban J connectivity index is 1.53. The van der Waals surface area contributed by atoms with E-state index in [1.54, 1.807) is 4.90 Å². The Hall–Kier alpha value is -1.44. The highest BCUT2D eigenvalue weighted by molar-refractivity contribution is 7.88. The minimum Gasteiger partial charge on any atom is -0.339 e. The zero-order valence-electron chi connectivity index (χ0n) is 13.4. The fraction of sp³-hybridized carbons (Fsp3) is 0.562. The van der Waals surface area contributed by atoms with E-state index < -0.39 is 10.0 Å². The second-order valence-corrected chi connectivity index (χ2v) is 8.25. The highest BCUT2D eigenvalue weighted by Crippen LogP contribution is 2.18. The van der Waals surface area contributed by atoms with Crippen LogP contribution in [-0.4, -0.2) is 74.0 Å². The number of amides is 1. The lowest BCUT2D eigenvalue weighted by Gasteiger charge is -2.35. The lowest BCUT2D eigenvalue weighted by Crippen LogP contribution is -2.52. The molecule has 2 aliphatic rings. The molecule has 6 nitrogen and oxygen atoms in total. The molecule has 0 N–H and O–H groups in total. The Kier molecular flexibility index (Phi) is 4.70. The first-order valence-electron chi connectivity index (χ1n) is 7.95. The smallest absolute Gasteiger partial charge is 0.236 e. The molecule has 1 aromatic rings. The molecule has 0 spiro atoms. The van der Waals surface area contributed by atoms with Gasteiger partial charge in [0, 0.05) is 39.3 Å².